The summed E-state index contributed by atoms with van der Waals surface area (Å²) in [6.45, 7) is 25.8. The lowest BCUT2D eigenvalue weighted by atomic mass is 9.86. The zero-order valence-electron chi connectivity index (χ0n) is 45.4. The van der Waals surface area contributed by atoms with E-state index < -0.39 is 58.8 Å². The second-order valence-corrected chi connectivity index (χ2v) is 24.0. The van der Waals surface area contributed by atoms with E-state index in [1.807, 2.05) is 6.07 Å². The zero-order chi connectivity index (χ0) is 54.8. The number of rotatable bonds is 13. The number of aliphatic hydroxyl groups excluding tert-OH is 1. The molecule has 0 aliphatic carbocycles. The summed E-state index contributed by atoms with van der Waals surface area (Å²) in [6.07, 6.45) is 1.46. The highest BCUT2D eigenvalue weighted by atomic mass is 19.1. The molecule has 16 heteroatoms. The van der Waals surface area contributed by atoms with Gasteiger partial charge in [-0.15, -0.1) is 0 Å². The van der Waals surface area contributed by atoms with Gasteiger partial charge in [-0.05, 0) is 137 Å². The first-order valence-corrected chi connectivity index (χ1v) is 25.6. The number of hydrogen-bond acceptors (Lipinski definition) is 10. The fraction of sp³-hybridized carbons (Fsp3) is 0.552. The number of halogens is 4. The smallest absolute Gasteiger partial charge is 0.407 e. The zero-order valence-corrected chi connectivity index (χ0v) is 45.4. The Balaban J connectivity index is 0.000000229. The first kappa shape index (κ1) is 59.5. The number of fused-ring (bicyclic) bond motifs is 2. The maximum Gasteiger partial charge on any atom is 0.407 e. The van der Waals surface area contributed by atoms with Gasteiger partial charge in [0.05, 0.1) is 38.0 Å². The topological polar surface area (TPSA) is 166 Å². The van der Waals surface area contributed by atoms with Crippen LogP contribution in [0.25, 0.3) is 0 Å². The van der Waals surface area contributed by atoms with Crippen molar-refractivity contribution < 1.29 is 55.9 Å². The van der Waals surface area contributed by atoms with Crippen LogP contribution in [0.5, 0.6) is 11.5 Å². The van der Waals surface area contributed by atoms with E-state index in [4.69, 9.17) is 29.4 Å². The largest absolute Gasteiger partial charge is 0.493 e. The molecule has 0 aromatic heterocycles. The number of carbonyl (C=O) groups is 2. The first-order chi connectivity index (χ1) is 34.4. The highest BCUT2D eigenvalue weighted by Crippen LogP contribution is 2.35. The molecule has 7 rings (SSSR count). The number of carbonyl (C=O) groups excluding carboxylic acids is 2. The molecule has 1 fully saturated rings. The highest BCUT2D eigenvalue weighted by Gasteiger charge is 2.35. The quantitative estimate of drug-likeness (QED) is 0.0643. The SMILES string of the molecule is CC(C)(C)Cc1ccc2c(c1)C(NC[C@@H](O)[C@H](Cc1cc(F)cc(F)c1)NC(=O)OC(C)(C)C)CCO2.CC(C)(C)Cc1ccc2c(c1)[C@@H](N)CCO2.CC(C)(C)OC(=O)N[C@@H](Cc1cc(F)cc(F)c1)C1CO1. The van der Waals surface area contributed by atoms with Crippen LogP contribution in [0, 0.1) is 34.1 Å². The van der Waals surface area contributed by atoms with Crippen LogP contribution < -0.4 is 31.2 Å². The van der Waals surface area contributed by atoms with E-state index in [2.05, 4.69) is 87.8 Å². The van der Waals surface area contributed by atoms with Crippen LogP contribution in [0.3, 0.4) is 0 Å². The molecule has 408 valence electrons. The molecule has 4 aromatic rings. The van der Waals surface area contributed by atoms with E-state index in [1.165, 1.54) is 41.0 Å². The first-order valence-electron chi connectivity index (χ1n) is 25.6. The van der Waals surface area contributed by atoms with Crippen LogP contribution in [0.4, 0.5) is 27.2 Å². The number of nitrogens with one attached hydrogen (secondary N) is 3. The van der Waals surface area contributed by atoms with Crippen LogP contribution >= 0.6 is 0 Å². The summed E-state index contributed by atoms with van der Waals surface area (Å²) in [5.74, 6) is -0.937. The monoisotopic (exact) mass is 1040 g/mol. The van der Waals surface area contributed by atoms with E-state index >= 15 is 0 Å². The van der Waals surface area contributed by atoms with Gasteiger partial charge in [0.1, 0.15) is 52.1 Å². The van der Waals surface area contributed by atoms with E-state index in [1.54, 1.807) is 41.5 Å². The number of amides is 2. The fourth-order valence-corrected chi connectivity index (χ4v) is 8.71. The van der Waals surface area contributed by atoms with Gasteiger partial charge in [-0.1, -0.05) is 65.8 Å². The summed E-state index contributed by atoms with van der Waals surface area (Å²) >= 11 is 0. The van der Waals surface area contributed by atoms with Gasteiger partial charge in [0.2, 0.25) is 0 Å². The van der Waals surface area contributed by atoms with Crippen molar-refractivity contribution in [3.63, 3.8) is 0 Å². The normalized spacial score (nSPS) is 18.4. The molecular weight excluding hydrogens is 957 g/mol. The maximum atomic E-state index is 13.8. The van der Waals surface area contributed by atoms with Crippen molar-refractivity contribution >= 4 is 12.2 Å². The number of ether oxygens (including phenoxy) is 5. The molecule has 3 aliphatic heterocycles. The molecule has 0 bridgehead atoms. The minimum atomic E-state index is -1.05. The molecule has 6 atom stereocenters. The predicted octanol–water partition coefficient (Wildman–Crippen LogP) is 11.3. The van der Waals surface area contributed by atoms with E-state index in [-0.39, 0.29) is 49.0 Å². The summed E-state index contributed by atoms with van der Waals surface area (Å²) in [7, 11) is 0. The standard InChI is InChI=1S/C29H40F2N2O4.C15H19F2NO3.C14H21NO/c1-28(2,3)16-18-7-8-26-22(13-18)23(9-10-36-26)32-17-25(34)24(33-27(35)37-29(4,5)6)14-19-11-20(30)15-21(31)12-19;1-15(2,3)21-14(19)18-12(13-8-20-13)6-9-4-10(16)7-11(17)5-9;1-14(2,3)9-10-4-5-13-11(8-10)12(15)6-7-16-13/h7-8,11-13,15,23-25,32,34H,9-10,14,16-17H2,1-6H3,(H,33,35);4-5,7,12-13H,6,8H2,1-3H3,(H,18,19);4-5,8,12H,6-7,9,15H2,1-3H3/t23?,24-,25+;12-,13?;12-/m000/s1. The molecule has 12 nitrogen and oxygen atoms in total. The molecule has 3 aliphatic rings. The van der Waals surface area contributed by atoms with Crippen molar-refractivity contribution in [2.75, 3.05) is 26.4 Å². The lowest BCUT2D eigenvalue weighted by Crippen LogP contribution is -2.50. The van der Waals surface area contributed by atoms with Gasteiger partial charge in [0.15, 0.2) is 0 Å². The second-order valence-electron chi connectivity index (χ2n) is 24.0. The Morgan fingerprint density at radius 2 is 1.08 bits per heavy atom. The third-order valence-corrected chi connectivity index (χ3v) is 11.7. The third-order valence-electron chi connectivity index (χ3n) is 11.7. The van der Waals surface area contributed by atoms with Gasteiger partial charge in [0, 0.05) is 54.7 Å². The predicted molar refractivity (Wildman–Crippen MR) is 279 cm³/mol. The number of epoxide rings is 1. The number of nitrogens with two attached hydrogens (primary N) is 1. The molecule has 3 heterocycles. The van der Waals surface area contributed by atoms with Gasteiger partial charge in [-0.25, -0.2) is 27.2 Å². The van der Waals surface area contributed by atoms with Crippen molar-refractivity contribution in [3.05, 3.63) is 129 Å². The lowest BCUT2D eigenvalue weighted by molar-refractivity contribution is 0.0417. The molecule has 74 heavy (non-hydrogen) atoms. The number of hydrogen-bond donors (Lipinski definition) is 5. The Hall–Kier alpha value is -5.42. The average molecular weight is 1040 g/mol. The van der Waals surface area contributed by atoms with E-state index in [9.17, 15) is 32.3 Å². The van der Waals surface area contributed by atoms with Crippen molar-refractivity contribution in [2.24, 2.45) is 16.6 Å². The van der Waals surface area contributed by atoms with Crippen LogP contribution in [0.1, 0.15) is 141 Å². The summed E-state index contributed by atoms with van der Waals surface area (Å²) in [5, 5.41) is 19.9. The lowest BCUT2D eigenvalue weighted by Gasteiger charge is -2.31. The van der Waals surface area contributed by atoms with Crippen LogP contribution in [0.2, 0.25) is 0 Å². The molecule has 2 unspecified atom stereocenters. The van der Waals surface area contributed by atoms with E-state index in [0.29, 0.717) is 29.8 Å². The van der Waals surface area contributed by atoms with Gasteiger partial charge >= 0.3 is 12.2 Å². The van der Waals surface area contributed by atoms with Gasteiger partial charge < -0.3 is 50.5 Å². The van der Waals surface area contributed by atoms with Gasteiger partial charge in [0.25, 0.3) is 0 Å². The minimum absolute atomic E-state index is 0.0247. The Bertz CT molecular complexity index is 2450. The van der Waals surface area contributed by atoms with Crippen molar-refractivity contribution in [1.82, 2.24) is 16.0 Å². The second kappa shape index (κ2) is 25.4. The Labute approximate surface area is 435 Å². The highest BCUT2D eigenvalue weighted by molar-refractivity contribution is 5.68. The molecule has 2 amide bonds. The summed E-state index contributed by atoms with van der Waals surface area (Å²) in [6, 6.07) is 18.0. The number of aliphatic hydroxyl groups is 1. The van der Waals surface area contributed by atoms with Crippen molar-refractivity contribution in [1.29, 1.82) is 0 Å². The minimum Gasteiger partial charge on any atom is -0.493 e. The Morgan fingerprint density at radius 3 is 1.55 bits per heavy atom. The van der Waals surface area contributed by atoms with Gasteiger partial charge in [-0.2, -0.15) is 0 Å². The Kier molecular flexibility index (Phi) is 20.4. The third kappa shape index (κ3) is 21.1. The van der Waals surface area contributed by atoms with Crippen LogP contribution in [-0.2, 0) is 39.9 Å². The average Bonchev–Trinajstić information content (AvgIpc) is 4.09. The van der Waals surface area contributed by atoms with Gasteiger partial charge in [-0.3, -0.25) is 0 Å². The summed E-state index contributed by atoms with van der Waals surface area (Å²) < 4.78 is 81.1. The van der Waals surface area contributed by atoms with Crippen molar-refractivity contribution in [3.8, 4) is 11.5 Å². The molecular formula is C58H80F4N4O8. The van der Waals surface area contributed by atoms with Crippen molar-refractivity contribution in [2.45, 2.75) is 169 Å². The molecule has 4 aromatic carbocycles. The maximum absolute atomic E-state index is 13.8. The van der Waals surface area contributed by atoms with E-state index in [0.717, 1.165) is 61.5 Å². The molecule has 0 radical (unpaired) electrons. The summed E-state index contributed by atoms with van der Waals surface area (Å²) in [5.41, 5.74) is 10.8. The number of benzene rings is 4. The molecule has 0 saturated carbocycles. The molecule has 0 spiro atoms. The van der Waals surface area contributed by atoms with Crippen LogP contribution in [0.15, 0.2) is 72.8 Å². The Morgan fingerprint density at radius 1 is 0.635 bits per heavy atom. The number of alkyl carbamates (subject to hydrolysis) is 2. The fourth-order valence-electron chi connectivity index (χ4n) is 8.71. The van der Waals surface area contributed by atoms with Crippen LogP contribution in [-0.4, -0.2) is 79.2 Å². The molecule has 1 saturated heterocycles. The summed E-state index contributed by atoms with van der Waals surface area (Å²) in [4.78, 5) is 24.3. The molecule has 6 N–H and O–H groups in total.